The maximum Gasteiger partial charge on any atom is 0.264 e. The van der Waals surface area contributed by atoms with E-state index in [4.69, 9.17) is 5.73 Å². The van der Waals surface area contributed by atoms with Crippen molar-refractivity contribution in [2.45, 2.75) is 31.9 Å². The normalized spacial score (nSPS) is 30.9. The van der Waals surface area contributed by atoms with Crippen LogP contribution in [0.25, 0.3) is 0 Å². The van der Waals surface area contributed by atoms with Crippen LogP contribution in [0.4, 0.5) is 8.78 Å². The van der Waals surface area contributed by atoms with Gasteiger partial charge in [-0.25, -0.2) is 8.78 Å². The summed E-state index contributed by atoms with van der Waals surface area (Å²) in [4.78, 5) is 0. The third-order valence-electron chi connectivity index (χ3n) is 3.08. The van der Waals surface area contributed by atoms with E-state index in [1.807, 2.05) is 0 Å². The molecular formula is C11H16F2N2S. The highest BCUT2D eigenvalue weighted by molar-refractivity contribution is 7.08. The molecule has 0 bridgehead atoms. The van der Waals surface area contributed by atoms with Gasteiger partial charge in [0.05, 0.1) is 0 Å². The number of alkyl halides is 2. The first-order valence-electron chi connectivity index (χ1n) is 5.42. The molecule has 0 saturated carbocycles. The third kappa shape index (κ3) is 2.26. The predicted molar refractivity (Wildman–Crippen MR) is 61.8 cm³/mol. The molecule has 2 rings (SSSR count). The van der Waals surface area contributed by atoms with Crippen molar-refractivity contribution in [3.63, 3.8) is 0 Å². The molecular weight excluding hydrogens is 230 g/mol. The molecule has 90 valence electrons. The summed E-state index contributed by atoms with van der Waals surface area (Å²) in [6, 6.07) is -0.192. The van der Waals surface area contributed by atoms with Crippen LogP contribution in [0.1, 0.15) is 36.9 Å². The van der Waals surface area contributed by atoms with E-state index in [2.05, 4.69) is 12.2 Å². The van der Waals surface area contributed by atoms with Crippen molar-refractivity contribution in [1.82, 2.24) is 5.32 Å². The van der Waals surface area contributed by atoms with Gasteiger partial charge in [-0.05, 0) is 35.2 Å². The highest BCUT2D eigenvalue weighted by Gasteiger charge is 2.30. The summed E-state index contributed by atoms with van der Waals surface area (Å²) in [6.45, 7) is 2.96. The van der Waals surface area contributed by atoms with Crippen LogP contribution in [-0.2, 0) is 0 Å². The molecule has 0 spiro atoms. The Bertz CT molecular complexity index is 354. The maximum absolute atomic E-state index is 12.8. The molecule has 1 aromatic rings. The molecule has 0 aromatic carbocycles. The average Bonchev–Trinajstić information content (AvgIpc) is 2.66. The lowest BCUT2D eigenvalue weighted by Crippen LogP contribution is -2.46. The predicted octanol–water partition coefficient (Wildman–Crippen LogP) is 2.68. The second-order valence-corrected chi connectivity index (χ2v) is 5.22. The second kappa shape index (κ2) is 4.77. The van der Waals surface area contributed by atoms with Crippen molar-refractivity contribution >= 4 is 11.3 Å². The largest absolute Gasteiger partial charge is 0.326 e. The molecule has 3 N–H and O–H groups in total. The first kappa shape index (κ1) is 12.0. The molecule has 2 heterocycles. The van der Waals surface area contributed by atoms with Crippen LogP contribution in [0, 0.1) is 5.92 Å². The van der Waals surface area contributed by atoms with Crippen molar-refractivity contribution in [3.8, 4) is 0 Å². The Balaban J connectivity index is 2.20. The van der Waals surface area contributed by atoms with Gasteiger partial charge >= 0.3 is 0 Å². The van der Waals surface area contributed by atoms with Gasteiger partial charge in [-0.15, -0.1) is 0 Å². The lowest BCUT2D eigenvalue weighted by atomic mass is 9.88. The first-order valence-corrected chi connectivity index (χ1v) is 6.37. The Morgan fingerprint density at radius 3 is 2.88 bits per heavy atom. The van der Waals surface area contributed by atoms with Gasteiger partial charge in [-0.1, -0.05) is 6.92 Å². The standard InChI is InChI=1S/C11H16F2N2S/c1-6-2-9(14)10(15-3-6)7-4-16-5-8(7)11(12)13/h4-6,9-11,15H,2-3,14H2,1H3. The van der Waals surface area contributed by atoms with Gasteiger partial charge in [0.2, 0.25) is 0 Å². The zero-order valence-corrected chi connectivity index (χ0v) is 9.94. The van der Waals surface area contributed by atoms with E-state index < -0.39 is 6.43 Å². The summed E-state index contributed by atoms with van der Waals surface area (Å²) >= 11 is 1.32. The molecule has 1 aromatic heterocycles. The van der Waals surface area contributed by atoms with E-state index in [0.29, 0.717) is 11.5 Å². The molecule has 3 unspecified atom stereocenters. The molecule has 2 nitrogen and oxygen atoms in total. The van der Waals surface area contributed by atoms with E-state index >= 15 is 0 Å². The Hall–Kier alpha value is -0.520. The first-order chi connectivity index (χ1) is 7.59. The number of hydrogen-bond acceptors (Lipinski definition) is 3. The van der Waals surface area contributed by atoms with Crippen LogP contribution in [0.2, 0.25) is 0 Å². The average molecular weight is 246 g/mol. The van der Waals surface area contributed by atoms with Crippen LogP contribution < -0.4 is 11.1 Å². The molecule has 3 atom stereocenters. The molecule has 0 radical (unpaired) electrons. The third-order valence-corrected chi connectivity index (χ3v) is 3.86. The fourth-order valence-electron chi connectivity index (χ4n) is 2.25. The molecule has 1 saturated heterocycles. The summed E-state index contributed by atoms with van der Waals surface area (Å²) in [6.07, 6.45) is -1.52. The van der Waals surface area contributed by atoms with Crippen LogP contribution in [-0.4, -0.2) is 12.6 Å². The zero-order chi connectivity index (χ0) is 11.7. The number of piperidine rings is 1. The number of thiophene rings is 1. The van der Waals surface area contributed by atoms with Gasteiger partial charge in [-0.3, -0.25) is 0 Å². The number of nitrogens with two attached hydrogens (primary N) is 1. The summed E-state index contributed by atoms with van der Waals surface area (Å²) in [5, 5.41) is 6.57. The van der Waals surface area contributed by atoms with Crippen LogP contribution in [0.5, 0.6) is 0 Å². The second-order valence-electron chi connectivity index (χ2n) is 4.47. The summed E-state index contributed by atoms with van der Waals surface area (Å²) < 4.78 is 25.5. The molecule has 1 fully saturated rings. The fraction of sp³-hybridized carbons (Fsp3) is 0.636. The van der Waals surface area contributed by atoms with Crippen molar-refractivity contribution < 1.29 is 8.78 Å². The number of hydrogen-bond donors (Lipinski definition) is 2. The number of halogens is 2. The lowest BCUT2D eigenvalue weighted by Gasteiger charge is -2.34. The Labute approximate surface area is 97.8 Å². The van der Waals surface area contributed by atoms with Gasteiger partial charge in [0.25, 0.3) is 6.43 Å². The molecule has 1 aliphatic rings. The van der Waals surface area contributed by atoms with Crippen LogP contribution >= 0.6 is 11.3 Å². The summed E-state index contributed by atoms with van der Waals surface area (Å²) in [5.41, 5.74) is 6.84. The quantitative estimate of drug-likeness (QED) is 0.842. The van der Waals surface area contributed by atoms with Gasteiger partial charge in [0.1, 0.15) is 0 Å². The zero-order valence-electron chi connectivity index (χ0n) is 9.12. The molecule has 5 heteroatoms. The van der Waals surface area contributed by atoms with Gasteiger partial charge in [0.15, 0.2) is 0 Å². The maximum atomic E-state index is 12.8. The fourth-order valence-corrected chi connectivity index (χ4v) is 3.13. The Morgan fingerprint density at radius 1 is 1.50 bits per heavy atom. The Morgan fingerprint density at radius 2 is 2.25 bits per heavy atom. The smallest absolute Gasteiger partial charge is 0.264 e. The minimum atomic E-state index is -2.41. The minimum Gasteiger partial charge on any atom is -0.326 e. The van der Waals surface area contributed by atoms with E-state index in [0.717, 1.165) is 13.0 Å². The molecule has 0 amide bonds. The molecule has 16 heavy (non-hydrogen) atoms. The number of rotatable bonds is 2. The molecule has 0 aliphatic carbocycles. The van der Waals surface area contributed by atoms with E-state index in [1.165, 1.54) is 16.7 Å². The van der Waals surface area contributed by atoms with Crippen molar-refractivity contribution in [2.75, 3.05) is 6.54 Å². The Kier molecular flexibility index (Phi) is 3.56. The van der Waals surface area contributed by atoms with Crippen LogP contribution in [0.15, 0.2) is 10.8 Å². The van der Waals surface area contributed by atoms with Crippen molar-refractivity contribution in [2.24, 2.45) is 11.7 Å². The van der Waals surface area contributed by atoms with E-state index in [-0.39, 0.29) is 17.6 Å². The summed E-state index contributed by atoms with van der Waals surface area (Å²) in [5.74, 6) is 0.514. The summed E-state index contributed by atoms with van der Waals surface area (Å²) in [7, 11) is 0. The van der Waals surface area contributed by atoms with Gasteiger partial charge in [0, 0.05) is 17.6 Å². The monoisotopic (exact) mass is 246 g/mol. The van der Waals surface area contributed by atoms with Gasteiger partial charge < -0.3 is 11.1 Å². The topological polar surface area (TPSA) is 38.0 Å². The number of nitrogens with one attached hydrogen (secondary N) is 1. The minimum absolute atomic E-state index is 0.0733. The van der Waals surface area contributed by atoms with Crippen molar-refractivity contribution in [1.29, 1.82) is 0 Å². The highest BCUT2D eigenvalue weighted by atomic mass is 32.1. The van der Waals surface area contributed by atoms with Crippen LogP contribution in [0.3, 0.4) is 0 Å². The highest BCUT2D eigenvalue weighted by Crippen LogP contribution is 2.34. The SMILES string of the molecule is CC1CNC(c2cscc2C(F)F)C(N)C1. The van der Waals surface area contributed by atoms with E-state index in [1.54, 1.807) is 5.38 Å². The lowest BCUT2D eigenvalue weighted by molar-refractivity contribution is 0.148. The van der Waals surface area contributed by atoms with E-state index in [9.17, 15) is 8.78 Å². The molecule has 1 aliphatic heterocycles. The van der Waals surface area contributed by atoms with Gasteiger partial charge in [-0.2, -0.15) is 11.3 Å². The van der Waals surface area contributed by atoms with Crippen molar-refractivity contribution in [3.05, 3.63) is 21.9 Å².